The van der Waals surface area contributed by atoms with Crippen molar-refractivity contribution in [3.05, 3.63) is 224 Å². The van der Waals surface area contributed by atoms with E-state index in [0.717, 1.165) is 17.1 Å². The molecule has 10 aromatic rings. The Morgan fingerprint density at radius 1 is 0.228 bits per heavy atom. The molecule has 1 heteroatoms. The van der Waals surface area contributed by atoms with Gasteiger partial charge in [-0.05, 0) is 137 Å². The molecule has 266 valence electrons. The third-order valence-corrected chi connectivity index (χ3v) is 11.6. The minimum absolute atomic E-state index is 1.10. The molecule has 1 aliphatic carbocycles. The molecule has 1 nitrogen and oxygen atoms in total. The Morgan fingerprint density at radius 3 is 1.47 bits per heavy atom. The molecule has 0 bridgehead atoms. The zero-order valence-corrected chi connectivity index (χ0v) is 31.3. The van der Waals surface area contributed by atoms with Crippen LogP contribution in [-0.4, -0.2) is 0 Å². The van der Waals surface area contributed by atoms with Crippen LogP contribution in [0.15, 0.2) is 224 Å². The van der Waals surface area contributed by atoms with Crippen LogP contribution in [0.2, 0.25) is 0 Å². The van der Waals surface area contributed by atoms with Gasteiger partial charge in [0.05, 0.1) is 0 Å². The van der Waals surface area contributed by atoms with Crippen molar-refractivity contribution in [2.75, 3.05) is 4.90 Å². The van der Waals surface area contributed by atoms with Gasteiger partial charge in [0.2, 0.25) is 0 Å². The van der Waals surface area contributed by atoms with E-state index in [2.05, 4.69) is 229 Å². The van der Waals surface area contributed by atoms with E-state index in [1.165, 1.54) is 88.3 Å². The van der Waals surface area contributed by atoms with E-state index in [-0.39, 0.29) is 0 Å². The molecule has 0 saturated carbocycles. The van der Waals surface area contributed by atoms with Crippen LogP contribution in [0.25, 0.3) is 88.3 Å². The Balaban J connectivity index is 0.983. The highest BCUT2D eigenvalue weighted by Gasteiger charge is 2.22. The average molecular weight is 724 g/mol. The van der Waals surface area contributed by atoms with Crippen molar-refractivity contribution in [3.63, 3.8) is 0 Å². The second kappa shape index (κ2) is 13.7. The Morgan fingerprint density at radius 2 is 0.719 bits per heavy atom. The van der Waals surface area contributed by atoms with Crippen LogP contribution in [0.5, 0.6) is 0 Å². The maximum atomic E-state index is 2.37. The molecule has 0 fully saturated rings. The highest BCUT2D eigenvalue weighted by molar-refractivity contribution is 6.18. The minimum atomic E-state index is 1.10. The molecule has 57 heavy (non-hydrogen) atoms. The first kappa shape index (κ1) is 32.9. The molecule has 10 aromatic carbocycles. The largest absolute Gasteiger partial charge is 0.310 e. The van der Waals surface area contributed by atoms with Gasteiger partial charge in [0, 0.05) is 17.1 Å². The van der Waals surface area contributed by atoms with Crippen molar-refractivity contribution in [1.82, 2.24) is 0 Å². The summed E-state index contributed by atoms with van der Waals surface area (Å²) in [7, 11) is 0. The molecule has 0 heterocycles. The lowest BCUT2D eigenvalue weighted by Gasteiger charge is -2.26. The number of benzene rings is 10. The standard InChI is InChI=1S/C56H37N/c1-2-11-38(12-3-1)40-25-29-47(30-26-40)57(48-31-27-41(28-32-48)45-24-23-39-13-4-5-14-42(39)35-45)49-18-9-16-44(37-49)43-15-8-17-46(36-43)50-33-34-55-52-20-7-6-19-51(52)54-22-10-21-53(50)56(54)55/h1-37H. The molecule has 0 N–H and O–H groups in total. The van der Waals surface area contributed by atoms with Gasteiger partial charge in [0.25, 0.3) is 0 Å². The first-order chi connectivity index (χ1) is 28.2. The lowest BCUT2D eigenvalue weighted by Crippen LogP contribution is -2.10. The zero-order chi connectivity index (χ0) is 37.7. The van der Waals surface area contributed by atoms with Gasteiger partial charge in [0.15, 0.2) is 0 Å². The fraction of sp³-hybridized carbons (Fsp3) is 0. The Bertz CT molecular complexity index is 3070. The molecule has 0 amide bonds. The Kier molecular flexibility index (Phi) is 7.89. The topological polar surface area (TPSA) is 3.24 Å². The normalized spacial score (nSPS) is 11.5. The predicted octanol–water partition coefficient (Wildman–Crippen LogP) is 15.8. The van der Waals surface area contributed by atoms with Gasteiger partial charge in [-0.1, -0.05) is 176 Å². The van der Waals surface area contributed by atoms with E-state index < -0.39 is 0 Å². The zero-order valence-electron chi connectivity index (χ0n) is 31.3. The van der Waals surface area contributed by atoms with E-state index >= 15 is 0 Å². The van der Waals surface area contributed by atoms with Crippen LogP contribution >= 0.6 is 0 Å². The number of anilines is 3. The average Bonchev–Trinajstić information content (AvgIpc) is 3.62. The Hall–Kier alpha value is -7.48. The van der Waals surface area contributed by atoms with Crippen LogP contribution in [0.3, 0.4) is 0 Å². The van der Waals surface area contributed by atoms with Crippen molar-refractivity contribution >= 4 is 38.6 Å². The molecule has 0 aliphatic heterocycles. The Labute approximate surface area is 333 Å². The summed E-state index contributed by atoms with van der Waals surface area (Å²) in [6, 6.07) is 81.9. The molecule has 0 radical (unpaired) electrons. The number of fused-ring (bicyclic) bond motifs is 4. The minimum Gasteiger partial charge on any atom is -0.310 e. The van der Waals surface area contributed by atoms with Gasteiger partial charge in [-0.15, -0.1) is 0 Å². The maximum absolute atomic E-state index is 2.37. The second-order valence-electron chi connectivity index (χ2n) is 14.9. The molecule has 0 saturated heterocycles. The van der Waals surface area contributed by atoms with Gasteiger partial charge in [0.1, 0.15) is 0 Å². The summed E-state index contributed by atoms with van der Waals surface area (Å²) in [5.41, 5.74) is 18.3. The van der Waals surface area contributed by atoms with Crippen LogP contribution in [0.4, 0.5) is 17.1 Å². The smallest absolute Gasteiger partial charge is 0.0467 e. The van der Waals surface area contributed by atoms with E-state index in [0.29, 0.717) is 0 Å². The molecule has 0 spiro atoms. The quantitative estimate of drug-likeness (QED) is 0.158. The summed E-state index contributed by atoms with van der Waals surface area (Å²) in [6.07, 6.45) is 0. The third kappa shape index (κ3) is 5.80. The summed E-state index contributed by atoms with van der Waals surface area (Å²) in [4.78, 5) is 2.37. The van der Waals surface area contributed by atoms with Gasteiger partial charge >= 0.3 is 0 Å². The van der Waals surface area contributed by atoms with Gasteiger partial charge < -0.3 is 4.90 Å². The first-order valence-electron chi connectivity index (χ1n) is 19.7. The van der Waals surface area contributed by atoms with E-state index in [9.17, 15) is 0 Å². The first-order valence-corrected chi connectivity index (χ1v) is 19.7. The molecule has 0 atom stereocenters. The van der Waals surface area contributed by atoms with Gasteiger partial charge in [-0.3, -0.25) is 0 Å². The van der Waals surface area contributed by atoms with Crippen molar-refractivity contribution < 1.29 is 0 Å². The van der Waals surface area contributed by atoms with E-state index in [1.54, 1.807) is 0 Å². The lowest BCUT2D eigenvalue weighted by molar-refractivity contribution is 1.28. The highest BCUT2D eigenvalue weighted by atomic mass is 15.1. The van der Waals surface area contributed by atoms with Crippen LogP contribution in [-0.2, 0) is 0 Å². The summed E-state index contributed by atoms with van der Waals surface area (Å²) < 4.78 is 0. The van der Waals surface area contributed by atoms with E-state index in [1.807, 2.05) is 0 Å². The maximum Gasteiger partial charge on any atom is 0.0467 e. The van der Waals surface area contributed by atoms with Crippen molar-refractivity contribution in [3.8, 4) is 66.8 Å². The predicted molar refractivity (Wildman–Crippen MR) is 242 cm³/mol. The highest BCUT2D eigenvalue weighted by Crippen LogP contribution is 2.49. The van der Waals surface area contributed by atoms with Gasteiger partial charge in [-0.25, -0.2) is 0 Å². The van der Waals surface area contributed by atoms with Crippen LogP contribution < -0.4 is 4.90 Å². The lowest BCUT2D eigenvalue weighted by atomic mass is 9.92. The van der Waals surface area contributed by atoms with Gasteiger partial charge in [-0.2, -0.15) is 0 Å². The fourth-order valence-electron chi connectivity index (χ4n) is 8.80. The van der Waals surface area contributed by atoms with Crippen molar-refractivity contribution in [1.29, 1.82) is 0 Å². The molecule has 0 unspecified atom stereocenters. The number of hydrogen-bond donors (Lipinski definition) is 0. The summed E-state index contributed by atoms with van der Waals surface area (Å²) >= 11 is 0. The summed E-state index contributed by atoms with van der Waals surface area (Å²) in [6.45, 7) is 0. The number of hydrogen-bond acceptors (Lipinski definition) is 1. The van der Waals surface area contributed by atoms with E-state index in [4.69, 9.17) is 0 Å². The van der Waals surface area contributed by atoms with Crippen LogP contribution in [0, 0.1) is 0 Å². The molecular weight excluding hydrogens is 687 g/mol. The number of rotatable bonds is 7. The molecule has 1 aliphatic rings. The third-order valence-electron chi connectivity index (χ3n) is 11.6. The summed E-state index contributed by atoms with van der Waals surface area (Å²) in [5, 5.41) is 5.15. The number of nitrogens with zero attached hydrogens (tertiary/aromatic N) is 1. The van der Waals surface area contributed by atoms with Crippen molar-refractivity contribution in [2.24, 2.45) is 0 Å². The molecule has 11 rings (SSSR count). The van der Waals surface area contributed by atoms with Crippen LogP contribution in [0.1, 0.15) is 0 Å². The van der Waals surface area contributed by atoms with Crippen molar-refractivity contribution in [2.45, 2.75) is 0 Å². The second-order valence-corrected chi connectivity index (χ2v) is 14.9. The fourth-order valence-corrected chi connectivity index (χ4v) is 8.80. The molecular formula is C56H37N. The monoisotopic (exact) mass is 723 g/mol. The summed E-state index contributed by atoms with van der Waals surface area (Å²) in [5.74, 6) is 0. The molecule has 0 aromatic heterocycles. The SMILES string of the molecule is c1ccc(-c2ccc(N(c3ccc(-c4ccc5ccccc5c4)cc3)c3cccc(-c4cccc(-c5ccc6c7c(cccc57)-c5ccccc5-6)c4)c3)cc2)cc1.